The molecule has 0 spiro atoms. The largest absolute Gasteiger partial charge is 0.394 e. The number of aromatic nitrogens is 4. The van der Waals surface area contributed by atoms with Gasteiger partial charge < -0.3 is 45.1 Å². The Balaban J connectivity index is 1.55. The van der Waals surface area contributed by atoms with E-state index in [0.29, 0.717) is 24.2 Å². The van der Waals surface area contributed by atoms with Crippen LogP contribution in [0.3, 0.4) is 0 Å². The molecule has 0 aliphatic carbocycles. The van der Waals surface area contributed by atoms with E-state index in [9.17, 15) is 20.4 Å². The smallest absolute Gasteiger partial charge is 0.187 e. The molecule has 182 valence electrons. The lowest BCUT2D eigenvalue weighted by atomic mass is 10.1. The molecular formula is C20H29N5O8. The Bertz CT molecular complexity index is 973. The van der Waals surface area contributed by atoms with Crippen LogP contribution in [0.25, 0.3) is 11.2 Å². The Labute approximate surface area is 189 Å². The highest BCUT2D eigenvalue weighted by molar-refractivity contribution is 5.81. The Morgan fingerprint density at radius 1 is 1.15 bits per heavy atom. The summed E-state index contributed by atoms with van der Waals surface area (Å²) in [5.74, 6) is 0.185. The molecule has 0 radical (unpaired) electrons. The number of imidazole rings is 1. The number of ether oxygens (including phenoxy) is 4. The number of nitrogens with two attached hydrogens (primary N) is 1. The normalized spacial score (nSPS) is 34.3. The van der Waals surface area contributed by atoms with Gasteiger partial charge in [0.1, 0.15) is 48.5 Å². The summed E-state index contributed by atoms with van der Waals surface area (Å²) >= 11 is 0. The summed E-state index contributed by atoms with van der Waals surface area (Å²) in [6.45, 7) is 5.70. The predicted octanol–water partition coefficient (Wildman–Crippen LogP) is -1.53. The topological polar surface area (TPSA) is 187 Å². The van der Waals surface area contributed by atoms with Crippen LogP contribution < -0.4 is 5.73 Å². The van der Waals surface area contributed by atoms with Crippen molar-refractivity contribution >= 4 is 17.0 Å². The summed E-state index contributed by atoms with van der Waals surface area (Å²) in [6, 6.07) is 0. The Hall–Kier alpha value is -2.23. The highest BCUT2D eigenvalue weighted by atomic mass is 16.7. The number of fused-ring (bicyclic) bond motifs is 1. The molecule has 4 heterocycles. The lowest BCUT2D eigenvalue weighted by Gasteiger charge is -2.25. The average molecular weight is 467 g/mol. The number of nitrogen functional groups attached to an aromatic ring is 1. The third-order valence-electron chi connectivity index (χ3n) is 5.72. The van der Waals surface area contributed by atoms with Gasteiger partial charge in [-0.25, -0.2) is 15.0 Å². The molecule has 2 saturated heterocycles. The highest BCUT2D eigenvalue weighted by Crippen LogP contribution is 2.36. The molecule has 0 amide bonds. The fraction of sp³-hybridized carbons (Fsp3) is 0.650. The van der Waals surface area contributed by atoms with E-state index in [1.54, 1.807) is 0 Å². The number of hydrogen-bond donors (Lipinski definition) is 5. The summed E-state index contributed by atoms with van der Waals surface area (Å²) in [6.07, 6.45) is -5.64. The molecule has 6 N–H and O–H groups in total. The summed E-state index contributed by atoms with van der Waals surface area (Å²) in [5.41, 5.74) is 7.54. The second kappa shape index (κ2) is 9.95. The van der Waals surface area contributed by atoms with Crippen molar-refractivity contribution in [3.8, 4) is 0 Å². The van der Waals surface area contributed by atoms with Gasteiger partial charge in [0, 0.05) is 0 Å². The minimum atomic E-state index is -1.42. The molecule has 13 nitrogen and oxygen atoms in total. The molecule has 1 unspecified atom stereocenters. The van der Waals surface area contributed by atoms with Gasteiger partial charge in [-0.3, -0.25) is 4.57 Å². The average Bonchev–Trinajstić information content (AvgIpc) is 3.43. The van der Waals surface area contributed by atoms with Gasteiger partial charge in [0.15, 0.2) is 24.0 Å². The first-order valence-electron chi connectivity index (χ1n) is 10.6. The second-order valence-electron chi connectivity index (χ2n) is 8.23. The van der Waals surface area contributed by atoms with Gasteiger partial charge in [0.05, 0.1) is 26.1 Å². The summed E-state index contributed by atoms with van der Waals surface area (Å²) in [7, 11) is 0. The quantitative estimate of drug-likeness (QED) is 0.212. The van der Waals surface area contributed by atoms with Crippen LogP contribution in [0.1, 0.15) is 19.6 Å². The lowest BCUT2D eigenvalue weighted by Crippen LogP contribution is -2.43. The fourth-order valence-corrected chi connectivity index (χ4v) is 3.89. The third-order valence-corrected chi connectivity index (χ3v) is 5.72. The van der Waals surface area contributed by atoms with Crippen molar-refractivity contribution in [2.75, 3.05) is 25.6 Å². The van der Waals surface area contributed by atoms with Crippen molar-refractivity contribution in [3.63, 3.8) is 0 Å². The number of hydrogen-bond acceptors (Lipinski definition) is 12. The Morgan fingerprint density at radius 3 is 2.64 bits per heavy atom. The van der Waals surface area contributed by atoms with Gasteiger partial charge in [-0.2, -0.15) is 0 Å². The molecule has 2 aromatic heterocycles. The molecule has 2 aliphatic heterocycles. The van der Waals surface area contributed by atoms with Gasteiger partial charge in [-0.05, 0) is 13.3 Å². The Kier molecular flexibility index (Phi) is 7.21. The van der Waals surface area contributed by atoms with Gasteiger partial charge in [0.25, 0.3) is 0 Å². The van der Waals surface area contributed by atoms with Crippen LogP contribution >= 0.6 is 0 Å². The molecule has 2 aromatic rings. The fourth-order valence-electron chi connectivity index (χ4n) is 3.89. The zero-order chi connectivity index (χ0) is 23.7. The maximum absolute atomic E-state index is 11.1. The van der Waals surface area contributed by atoms with Crippen LogP contribution in [0.2, 0.25) is 0 Å². The maximum Gasteiger partial charge on any atom is 0.187 e. The van der Waals surface area contributed by atoms with E-state index in [-0.39, 0.29) is 12.4 Å². The van der Waals surface area contributed by atoms with Crippen molar-refractivity contribution < 1.29 is 39.4 Å². The SMILES string of the molecule is C=C(C)CCOC[C@H]1O[C@@H](n2cnc3c(N)ncnc32)[C@H](O)[C@@H]1OC1O[C@H](CO)[C@@H](O)[C@H]1O. The number of aliphatic hydroxyl groups is 4. The first-order valence-corrected chi connectivity index (χ1v) is 10.6. The van der Waals surface area contributed by atoms with Crippen LogP contribution in [0.5, 0.6) is 0 Å². The lowest BCUT2D eigenvalue weighted by molar-refractivity contribution is -0.216. The molecule has 13 heteroatoms. The predicted molar refractivity (Wildman–Crippen MR) is 113 cm³/mol. The van der Waals surface area contributed by atoms with Crippen LogP contribution in [-0.4, -0.2) is 103 Å². The summed E-state index contributed by atoms with van der Waals surface area (Å²) in [5, 5.41) is 40.7. The number of aliphatic hydroxyl groups excluding tert-OH is 4. The van der Waals surface area contributed by atoms with Gasteiger partial charge in [-0.15, -0.1) is 6.58 Å². The zero-order valence-electron chi connectivity index (χ0n) is 18.1. The third kappa shape index (κ3) is 4.72. The van der Waals surface area contributed by atoms with Crippen molar-refractivity contribution in [1.82, 2.24) is 19.5 Å². The van der Waals surface area contributed by atoms with Gasteiger partial charge in [-0.1, -0.05) is 5.57 Å². The standard InChI is InChI=1S/C20H29N5O8/c1-9(2)3-4-30-6-11-16(33-20-14(28)13(27)10(5-26)32-20)15(29)19(31-11)25-8-24-12-17(21)22-7-23-18(12)25/h7-8,10-11,13-16,19-20,26-29H,1,3-6H2,2H3,(H2,21,22,23)/t10-,11-,13-,14-,15-,16-,19-,20?/m1/s1. The van der Waals surface area contributed by atoms with Crippen molar-refractivity contribution in [2.24, 2.45) is 0 Å². The Morgan fingerprint density at radius 2 is 1.94 bits per heavy atom. The summed E-state index contributed by atoms with van der Waals surface area (Å²) in [4.78, 5) is 12.3. The second-order valence-corrected chi connectivity index (χ2v) is 8.23. The molecule has 0 saturated carbocycles. The van der Waals surface area contributed by atoms with E-state index >= 15 is 0 Å². The first kappa shape index (κ1) is 23.9. The monoisotopic (exact) mass is 467 g/mol. The molecule has 0 aromatic carbocycles. The number of anilines is 1. The highest BCUT2D eigenvalue weighted by Gasteiger charge is 2.51. The van der Waals surface area contributed by atoms with Crippen molar-refractivity contribution in [1.29, 1.82) is 0 Å². The number of nitrogens with zero attached hydrogens (tertiary/aromatic N) is 4. The van der Waals surface area contributed by atoms with E-state index < -0.39 is 55.7 Å². The first-order chi connectivity index (χ1) is 15.8. The van der Waals surface area contributed by atoms with E-state index in [2.05, 4.69) is 21.5 Å². The molecule has 2 aliphatic rings. The van der Waals surface area contributed by atoms with E-state index in [1.807, 2.05) is 6.92 Å². The molecular weight excluding hydrogens is 438 g/mol. The van der Waals surface area contributed by atoms with Crippen LogP contribution in [-0.2, 0) is 18.9 Å². The van der Waals surface area contributed by atoms with Crippen LogP contribution in [0.15, 0.2) is 24.8 Å². The van der Waals surface area contributed by atoms with E-state index in [4.69, 9.17) is 24.7 Å². The zero-order valence-corrected chi connectivity index (χ0v) is 18.1. The van der Waals surface area contributed by atoms with Gasteiger partial charge in [0.2, 0.25) is 0 Å². The summed E-state index contributed by atoms with van der Waals surface area (Å²) < 4.78 is 24.5. The van der Waals surface area contributed by atoms with Crippen molar-refractivity contribution in [3.05, 3.63) is 24.8 Å². The van der Waals surface area contributed by atoms with Crippen molar-refractivity contribution in [2.45, 2.75) is 62.5 Å². The number of rotatable bonds is 9. The molecule has 4 rings (SSSR count). The minimum absolute atomic E-state index is 0.0735. The molecule has 0 bridgehead atoms. The van der Waals surface area contributed by atoms with E-state index in [1.165, 1.54) is 17.2 Å². The molecule has 33 heavy (non-hydrogen) atoms. The molecule has 8 atom stereocenters. The van der Waals surface area contributed by atoms with Gasteiger partial charge >= 0.3 is 0 Å². The maximum atomic E-state index is 11.1. The van der Waals surface area contributed by atoms with Crippen LogP contribution in [0.4, 0.5) is 5.82 Å². The van der Waals surface area contributed by atoms with E-state index in [0.717, 1.165) is 5.57 Å². The minimum Gasteiger partial charge on any atom is -0.394 e. The molecule has 2 fully saturated rings. The van der Waals surface area contributed by atoms with Crippen LogP contribution in [0, 0.1) is 0 Å².